The third-order valence-electron chi connectivity index (χ3n) is 4.16. The van der Waals surface area contributed by atoms with Crippen molar-refractivity contribution in [1.82, 2.24) is 0 Å². The Morgan fingerprint density at radius 3 is 2.54 bits per heavy atom. The predicted octanol–water partition coefficient (Wildman–Crippen LogP) is 2.82. The summed E-state index contributed by atoms with van der Waals surface area (Å²) in [6.45, 7) is 5.78. The van der Waals surface area contributed by atoms with Crippen LogP contribution in [0.2, 0.25) is 0 Å². The van der Waals surface area contributed by atoms with Gasteiger partial charge in [0.2, 0.25) is 5.54 Å². The average molecular weight is 339 g/mol. The molecular weight excluding hydrogens is 314 g/mol. The minimum Gasteiger partial charge on any atom is -0.463 e. The van der Waals surface area contributed by atoms with E-state index in [1.165, 1.54) is 12.2 Å². The second-order valence-corrected chi connectivity index (χ2v) is 5.64. The molecule has 0 spiro atoms. The maximum atomic E-state index is 12.1. The van der Waals surface area contributed by atoms with E-state index in [9.17, 15) is 19.7 Å². The number of rotatable bonds is 9. The van der Waals surface area contributed by atoms with Crippen LogP contribution < -0.4 is 0 Å². The Morgan fingerprint density at radius 1 is 1.33 bits per heavy atom. The second kappa shape index (κ2) is 9.20. The van der Waals surface area contributed by atoms with Crippen LogP contribution in [0.5, 0.6) is 0 Å². The van der Waals surface area contributed by atoms with Crippen LogP contribution in [0.1, 0.15) is 46.5 Å². The van der Waals surface area contributed by atoms with E-state index in [1.54, 1.807) is 19.9 Å². The Kier molecular flexibility index (Phi) is 7.61. The van der Waals surface area contributed by atoms with Crippen LogP contribution in [-0.2, 0) is 19.1 Å². The number of nitrogens with zero attached hydrogens (tertiary/aromatic N) is 1. The maximum absolute atomic E-state index is 12.1. The van der Waals surface area contributed by atoms with E-state index in [2.05, 4.69) is 0 Å². The monoisotopic (exact) mass is 339 g/mol. The van der Waals surface area contributed by atoms with Crippen molar-refractivity contribution in [2.45, 2.75) is 52.0 Å². The number of hydrogen-bond donors (Lipinski definition) is 0. The van der Waals surface area contributed by atoms with Crippen molar-refractivity contribution in [1.29, 1.82) is 0 Å². The minimum absolute atomic E-state index is 0.0584. The molecule has 7 heteroatoms. The highest BCUT2D eigenvalue weighted by molar-refractivity contribution is 5.90. The van der Waals surface area contributed by atoms with Crippen molar-refractivity contribution in [2.24, 2.45) is 5.92 Å². The summed E-state index contributed by atoms with van der Waals surface area (Å²) in [5, 5.41) is 11.8. The topological polar surface area (TPSA) is 95.7 Å². The van der Waals surface area contributed by atoms with Crippen molar-refractivity contribution in [2.75, 3.05) is 13.2 Å². The summed E-state index contributed by atoms with van der Waals surface area (Å²) in [5.41, 5.74) is -0.943. The van der Waals surface area contributed by atoms with Crippen LogP contribution in [0, 0.1) is 16.0 Å². The summed E-state index contributed by atoms with van der Waals surface area (Å²) in [7, 11) is 0. The molecule has 1 rings (SSSR count). The van der Waals surface area contributed by atoms with Gasteiger partial charge in [0, 0.05) is 29.4 Å². The highest BCUT2D eigenvalue weighted by Gasteiger charge is 2.55. The van der Waals surface area contributed by atoms with E-state index in [1.807, 2.05) is 6.92 Å². The molecule has 0 heterocycles. The van der Waals surface area contributed by atoms with Crippen molar-refractivity contribution in [3.05, 3.63) is 33.9 Å². The zero-order chi connectivity index (χ0) is 18.2. The number of esters is 2. The molecule has 2 atom stereocenters. The number of hydrogen-bond acceptors (Lipinski definition) is 6. The van der Waals surface area contributed by atoms with Crippen LogP contribution >= 0.6 is 0 Å². The van der Waals surface area contributed by atoms with Crippen LogP contribution in [0.15, 0.2) is 23.8 Å². The first-order chi connectivity index (χ1) is 11.4. The molecule has 7 nitrogen and oxygen atoms in total. The lowest BCUT2D eigenvalue weighted by Gasteiger charge is -2.27. The summed E-state index contributed by atoms with van der Waals surface area (Å²) in [5.74, 6) is -1.54. The first kappa shape index (κ1) is 19.9. The largest absolute Gasteiger partial charge is 0.463 e. The molecule has 0 aliphatic heterocycles. The Labute approximate surface area is 141 Å². The normalized spacial score (nSPS) is 23.1. The summed E-state index contributed by atoms with van der Waals surface area (Å²) < 4.78 is 9.81. The van der Waals surface area contributed by atoms with Crippen molar-refractivity contribution >= 4 is 11.9 Å². The van der Waals surface area contributed by atoms with Gasteiger partial charge in [-0.15, -0.1) is 0 Å². The molecule has 0 aromatic rings. The molecule has 0 aromatic heterocycles. The first-order valence-corrected chi connectivity index (χ1v) is 8.27. The van der Waals surface area contributed by atoms with Crippen LogP contribution in [0.25, 0.3) is 0 Å². The highest BCUT2D eigenvalue weighted by Crippen LogP contribution is 2.44. The lowest BCUT2D eigenvalue weighted by atomic mass is 9.78. The van der Waals surface area contributed by atoms with E-state index < -0.39 is 23.4 Å². The molecular formula is C17H25NO6. The molecule has 24 heavy (non-hydrogen) atoms. The Hall–Kier alpha value is -2.18. The first-order valence-electron chi connectivity index (χ1n) is 8.27. The smallest absolute Gasteiger partial charge is 0.334 e. The third kappa shape index (κ3) is 4.43. The maximum Gasteiger partial charge on any atom is 0.334 e. The average Bonchev–Trinajstić information content (AvgIpc) is 2.88. The van der Waals surface area contributed by atoms with E-state index in [4.69, 9.17) is 9.47 Å². The number of carbonyl (C=O) groups excluding carboxylic acids is 2. The minimum atomic E-state index is -1.32. The number of ether oxygens (including phenoxy) is 2. The van der Waals surface area contributed by atoms with Gasteiger partial charge in [0.25, 0.3) is 0 Å². The van der Waals surface area contributed by atoms with Crippen LogP contribution in [0.3, 0.4) is 0 Å². The summed E-state index contributed by atoms with van der Waals surface area (Å²) >= 11 is 0. The van der Waals surface area contributed by atoms with E-state index in [-0.39, 0.29) is 31.0 Å². The van der Waals surface area contributed by atoms with E-state index in [0.29, 0.717) is 18.4 Å². The van der Waals surface area contributed by atoms with Gasteiger partial charge in [0.1, 0.15) is 0 Å². The fourth-order valence-corrected chi connectivity index (χ4v) is 3.07. The molecule has 0 radical (unpaired) electrons. The van der Waals surface area contributed by atoms with Gasteiger partial charge in [0.15, 0.2) is 0 Å². The van der Waals surface area contributed by atoms with E-state index >= 15 is 0 Å². The highest BCUT2D eigenvalue weighted by atomic mass is 16.6. The zero-order valence-corrected chi connectivity index (χ0v) is 14.4. The Bertz CT molecular complexity index is 539. The van der Waals surface area contributed by atoms with Crippen LogP contribution in [-0.4, -0.2) is 35.6 Å². The van der Waals surface area contributed by atoms with Gasteiger partial charge in [-0.25, -0.2) is 9.59 Å². The molecule has 0 bridgehead atoms. The lowest BCUT2D eigenvalue weighted by Crippen LogP contribution is -2.43. The van der Waals surface area contributed by atoms with Gasteiger partial charge in [0.05, 0.1) is 19.1 Å². The quantitative estimate of drug-likeness (QED) is 0.277. The summed E-state index contributed by atoms with van der Waals surface area (Å²) in [6, 6.07) is 0. The molecule has 0 amide bonds. The predicted molar refractivity (Wildman–Crippen MR) is 87.8 cm³/mol. The molecule has 0 N–H and O–H groups in total. The Morgan fingerprint density at radius 2 is 2.00 bits per heavy atom. The summed E-state index contributed by atoms with van der Waals surface area (Å²) in [4.78, 5) is 35.0. The van der Waals surface area contributed by atoms with E-state index in [0.717, 1.165) is 0 Å². The molecule has 0 fully saturated rings. The van der Waals surface area contributed by atoms with Crippen LogP contribution in [0.4, 0.5) is 0 Å². The van der Waals surface area contributed by atoms with Crippen molar-refractivity contribution in [3.8, 4) is 0 Å². The molecule has 0 aromatic carbocycles. The molecule has 0 saturated carbocycles. The standard InChI is InChI=1S/C17H25NO6/c1-4-8-14-13(16(20)24-6-3)10-12-17(14,18(21)22)11-7-9-15(19)23-5-2/h7,9-10,14H,4-6,8,11-12H2,1-3H3/b9-7+/t14-,17+/m1/s1. The van der Waals surface area contributed by atoms with Gasteiger partial charge >= 0.3 is 11.9 Å². The third-order valence-corrected chi connectivity index (χ3v) is 4.16. The SMILES string of the molecule is CCC[C@@H]1C(C(=O)OCC)=CC[C@]1(C/C=C/C(=O)OCC)[N+](=O)[O-]. The molecule has 1 aliphatic rings. The fraction of sp³-hybridized carbons (Fsp3) is 0.647. The number of nitro groups is 1. The van der Waals surface area contributed by atoms with Gasteiger partial charge in [-0.2, -0.15) is 0 Å². The zero-order valence-electron chi connectivity index (χ0n) is 14.4. The van der Waals surface area contributed by atoms with Crippen molar-refractivity contribution < 1.29 is 24.0 Å². The summed E-state index contributed by atoms with van der Waals surface area (Å²) in [6.07, 6.45) is 5.71. The van der Waals surface area contributed by atoms with Gasteiger partial charge in [-0.05, 0) is 20.3 Å². The molecule has 0 unspecified atom stereocenters. The second-order valence-electron chi connectivity index (χ2n) is 5.64. The molecule has 134 valence electrons. The fourth-order valence-electron chi connectivity index (χ4n) is 3.07. The molecule has 0 saturated heterocycles. The lowest BCUT2D eigenvalue weighted by molar-refractivity contribution is -0.575. The Balaban J connectivity index is 3.01. The van der Waals surface area contributed by atoms with Gasteiger partial charge in [-0.1, -0.05) is 25.5 Å². The van der Waals surface area contributed by atoms with Gasteiger partial charge in [-0.3, -0.25) is 10.1 Å². The molecule has 1 aliphatic carbocycles. The van der Waals surface area contributed by atoms with Gasteiger partial charge < -0.3 is 9.47 Å². The van der Waals surface area contributed by atoms with Crippen molar-refractivity contribution in [3.63, 3.8) is 0 Å². The number of carbonyl (C=O) groups is 2.